The molecule has 0 amide bonds. The summed E-state index contributed by atoms with van der Waals surface area (Å²) in [5, 5.41) is 1.89. The van der Waals surface area contributed by atoms with Crippen LogP contribution in [0.5, 0.6) is 5.75 Å². The highest BCUT2D eigenvalue weighted by Gasteiger charge is 2.20. The van der Waals surface area contributed by atoms with Gasteiger partial charge in [0.15, 0.2) is 6.29 Å². The van der Waals surface area contributed by atoms with Crippen LogP contribution < -0.4 is 4.74 Å². The highest BCUT2D eigenvalue weighted by molar-refractivity contribution is 7.11. The lowest BCUT2D eigenvalue weighted by molar-refractivity contribution is 0.112. The van der Waals surface area contributed by atoms with Crippen molar-refractivity contribution in [1.29, 1.82) is 0 Å². The molecule has 0 aliphatic heterocycles. The van der Waals surface area contributed by atoms with Crippen LogP contribution in [-0.2, 0) is 0 Å². The second-order valence-electron chi connectivity index (χ2n) is 3.38. The maximum absolute atomic E-state index is 10.4. The number of carbonyl (C=O) groups is 1. The SMILES string of the molecule is O=Cc1cc(OCCC2CC2)cs1. The van der Waals surface area contributed by atoms with Crippen molar-refractivity contribution in [3.63, 3.8) is 0 Å². The van der Waals surface area contributed by atoms with Gasteiger partial charge in [-0.25, -0.2) is 0 Å². The van der Waals surface area contributed by atoms with E-state index in [2.05, 4.69) is 0 Å². The molecule has 1 aromatic rings. The molecule has 0 radical (unpaired) electrons. The minimum atomic E-state index is 0.737. The van der Waals surface area contributed by atoms with E-state index in [1.807, 2.05) is 5.38 Å². The van der Waals surface area contributed by atoms with E-state index >= 15 is 0 Å². The van der Waals surface area contributed by atoms with Crippen molar-refractivity contribution in [2.45, 2.75) is 19.3 Å². The molecule has 1 saturated carbocycles. The first-order valence-corrected chi connectivity index (χ1v) is 5.43. The Morgan fingerprint density at radius 1 is 1.62 bits per heavy atom. The summed E-state index contributed by atoms with van der Waals surface area (Å²) in [5.41, 5.74) is 0. The van der Waals surface area contributed by atoms with Gasteiger partial charge in [-0.2, -0.15) is 0 Å². The fourth-order valence-corrected chi connectivity index (χ4v) is 1.85. The van der Waals surface area contributed by atoms with Gasteiger partial charge in [0, 0.05) is 11.4 Å². The van der Waals surface area contributed by atoms with Gasteiger partial charge in [-0.1, -0.05) is 12.8 Å². The molecule has 1 aliphatic rings. The van der Waals surface area contributed by atoms with Gasteiger partial charge in [-0.3, -0.25) is 4.79 Å². The van der Waals surface area contributed by atoms with Crippen molar-refractivity contribution in [1.82, 2.24) is 0 Å². The Labute approximate surface area is 81.5 Å². The molecule has 70 valence electrons. The topological polar surface area (TPSA) is 26.3 Å². The molecule has 2 nitrogen and oxygen atoms in total. The molecule has 1 aliphatic carbocycles. The van der Waals surface area contributed by atoms with Crippen molar-refractivity contribution < 1.29 is 9.53 Å². The quantitative estimate of drug-likeness (QED) is 0.677. The van der Waals surface area contributed by atoms with E-state index in [4.69, 9.17) is 4.74 Å². The fraction of sp³-hybridized carbons (Fsp3) is 0.500. The molecule has 0 unspecified atom stereocenters. The first kappa shape index (κ1) is 8.75. The van der Waals surface area contributed by atoms with Crippen LogP contribution in [0.4, 0.5) is 0 Å². The first-order chi connectivity index (χ1) is 6.38. The molecule has 0 atom stereocenters. The van der Waals surface area contributed by atoms with Crippen LogP contribution in [0, 0.1) is 5.92 Å². The Balaban J connectivity index is 1.75. The van der Waals surface area contributed by atoms with E-state index in [-0.39, 0.29) is 0 Å². The molecule has 1 aromatic heterocycles. The molecule has 3 heteroatoms. The monoisotopic (exact) mass is 196 g/mol. The molecule has 0 spiro atoms. The van der Waals surface area contributed by atoms with Crippen molar-refractivity contribution in [2.24, 2.45) is 5.92 Å². The number of ether oxygens (including phenoxy) is 1. The number of aldehydes is 1. The zero-order chi connectivity index (χ0) is 9.10. The Bertz CT molecular complexity index is 289. The van der Waals surface area contributed by atoms with Gasteiger partial charge in [0.05, 0.1) is 11.5 Å². The van der Waals surface area contributed by atoms with Gasteiger partial charge >= 0.3 is 0 Å². The minimum absolute atomic E-state index is 0.737. The van der Waals surface area contributed by atoms with Crippen molar-refractivity contribution in [2.75, 3.05) is 6.61 Å². The van der Waals surface area contributed by atoms with Gasteiger partial charge in [0.25, 0.3) is 0 Å². The van der Waals surface area contributed by atoms with E-state index in [1.165, 1.54) is 24.2 Å². The summed E-state index contributed by atoms with van der Waals surface area (Å²) < 4.78 is 5.49. The summed E-state index contributed by atoms with van der Waals surface area (Å²) >= 11 is 1.43. The van der Waals surface area contributed by atoms with Crippen molar-refractivity contribution in [3.8, 4) is 5.75 Å². The second-order valence-corrected chi connectivity index (χ2v) is 4.33. The van der Waals surface area contributed by atoms with Crippen LogP contribution in [0.25, 0.3) is 0 Å². The smallest absolute Gasteiger partial charge is 0.160 e. The minimum Gasteiger partial charge on any atom is -0.493 e. The predicted molar refractivity (Wildman–Crippen MR) is 52.5 cm³/mol. The summed E-state index contributed by atoms with van der Waals surface area (Å²) in [5.74, 6) is 1.75. The third-order valence-electron chi connectivity index (χ3n) is 2.20. The first-order valence-electron chi connectivity index (χ1n) is 4.55. The van der Waals surface area contributed by atoms with E-state index < -0.39 is 0 Å². The largest absolute Gasteiger partial charge is 0.493 e. The number of rotatable bonds is 5. The lowest BCUT2D eigenvalue weighted by Crippen LogP contribution is -1.96. The second kappa shape index (κ2) is 3.92. The highest BCUT2D eigenvalue weighted by atomic mass is 32.1. The van der Waals surface area contributed by atoms with E-state index in [1.54, 1.807) is 6.07 Å². The van der Waals surface area contributed by atoms with E-state index in [0.717, 1.165) is 35.9 Å². The van der Waals surface area contributed by atoms with Crippen molar-refractivity contribution in [3.05, 3.63) is 16.3 Å². The molecule has 1 heterocycles. The van der Waals surface area contributed by atoms with E-state index in [0.29, 0.717) is 0 Å². The Kier molecular flexibility index (Phi) is 2.64. The Hall–Kier alpha value is -0.830. The lowest BCUT2D eigenvalue weighted by Gasteiger charge is -2.00. The summed E-state index contributed by atoms with van der Waals surface area (Å²) in [6.07, 6.45) is 4.75. The van der Waals surface area contributed by atoms with Gasteiger partial charge in [-0.15, -0.1) is 11.3 Å². The summed E-state index contributed by atoms with van der Waals surface area (Å²) in [7, 11) is 0. The zero-order valence-electron chi connectivity index (χ0n) is 7.36. The van der Waals surface area contributed by atoms with Crippen LogP contribution >= 0.6 is 11.3 Å². The van der Waals surface area contributed by atoms with Gasteiger partial charge in [0.2, 0.25) is 0 Å². The van der Waals surface area contributed by atoms with Crippen LogP contribution in [-0.4, -0.2) is 12.9 Å². The van der Waals surface area contributed by atoms with E-state index in [9.17, 15) is 4.79 Å². The molecular weight excluding hydrogens is 184 g/mol. The molecule has 1 fully saturated rings. The normalized spacial score (nSPS) is 15.7. The van der Waals surface area contributed by atoms with Crippen LogP contribution in [0.15, 0.2) is 11.4 Å². The maximum Gasteiger partial charge on any atom is 0.160 e. The molecular formula is C10H12O2S. The van der Waals surface area contributed by atoms with Crippen LogP contribution in [0.3, 0.4) is 0 Å². The van der Waals surface area contributed by atoms with Gasteiger partial charge in [-0.05, 0) is 12.3 Å². The standard InChI is InChI=1S/C10H12O2S/c11-6-10-5-9(7-13-10)12-4-3-8-1-2-8/h5-8H,1-4H2. The summed E-state index contributed by atoms with van der Waals surface area (Å²) in [6.45, 7) is 0.791. The van der Waals surface area contributed by atoms with Crippen molar-refractivity contribution >= 4 is 17.6 Å². The third kappa shape index (κ3) is 2.56. The van der Waals surface area contributed by atoms with Crippen LogP contribution in [0.1, 0.15) is 28.9 Å². The number of hydrogen-bond donors (Lipinski definition) is 0. The molecule has 0 saturated heterocycles. The number of thiophene rings is 1. The number of carbonyl (C=O) groups excluding carboxylic acids is 1. The predicted octanol–water partition coefficient (Wildman–Crippen LogP) is 2.74. The highest BCUT2D eigenvalue weighted by Crippen LogP contribution is 2.32. The average Bonchev–Trinajstić information content (AvgIpc) is 2.84. The fourth-order valence-electron chi connectivity index (χ4n) is 1.22. The molecule has 0 aromatic carbocycles. The Morgan fingerprint density at radius 3 is 3.08 bits per heavy atom. The Morgan fingerprint density at radius 2 is 2.46 bits per heavy atom. The average molecular weight is 196 g/mol. The summed E-state index contributed by atoms with van der Waals surface area (Å²) in [4.78, 5) is 11.1. The lowest BCUT2D eigenvalue weighted by atomic mass is 10.3. The zero-order valence-corrected chi connectivity index (χ0v) is 8.18. The third-order valence-corrected chi connectivity index (χ3v) is 3.04. The number of hydrogen-bond acceptors (Lipinski definition) is 3. The molecule has 2 rings (SSSR count). The molecule has 13 heavy (non-hydrogen) atoms. The maximum atomic E-state index is 10.4. The van der Waals surface area contributed by atoms with Crippen LogP contribution in [0.2, 0.25) is 0 Å². The van der Waals surface area contributed by atoms with Gasteiger partial charge in [0.1, 0.15) is 5.75 Å². The summed E-state index contributed by atoms with van der Waals surface area (Å²) in [6, 6.07) is 1.80. The molecule has 0 bridgehead atoms. The molecule has 0 N–H and O–H groups in total. The van der Waals surface area contributed by atoms with Gasteiger partial charge < -0.3 is 4.74 Å².